The molecule has 90 valence electrons. The summed E-state index contributed by atoms with van der Waals surface area (Å²) in [7, 11) is -3.35. The first-order valence-corrected chi connectivity index (χ1v) is 6.41. The summed E-state index contributed by atoms with van der Waals surface area (Å²) in [5.41, 5.74) is 5.33. The van der Waals surface area contributed by atoms with E-state index < -0.39 is 15.3 Å². The molecule has 1 amide bonds. The van der Waals surface area contributed by atoms with E-state index in [1.807, 2.05) is 0 Å². The van der Waals surface area contributed by atoms with Crippen LogP contribution in [0, 0.1) is 0 Å². The topological polar surface area (TPSA) is 101 Å². The second-order valence-electron chi connectivity index (χ2n) is 3.19. The lowest BCUT2D eigenvalue weighted by molar-refractivity contribution is -0.118. The SMILES string of the molecule is CCC(CN)S(=O)(=O)NCCNC(C)=O. The number of nitrogens with two attached hydrogens (primary N) is 1. The molecule has 6 nitrogen and oxygen atoms in total. The summed E-state index contributed by atoms with van der Waals surface area (Å²) in [6.45, 7) is 3.73. The van der Waals surface area contributed by atoms with Crippen LogP contribution >= 0.6 is 0 Å². The molecule has 0 aliphatic rings. The van der Waals surface area contributed by atoms with E-state index in [-0.39, 0.29) is 25.5 Å². The molecule has 0 saturated carbocycles. The summed E-state index contributed by atoms with van der Waals surface area (Å²) in [6, 6.07) is 0. The fourth-order valence-corrected chi connectivity index (χ4v) is 2.38. The summed E-state index contributed by atoms with van der Waals surface area (Å²) in [5, 5.41) is 1.94. The zero-order valence-corrected chi connectivity index (χ0v) is 9.93. The van der Waals surface area contributed by atoms with Crippen LogP contribution in [0.5, 0.6) is 0 Å². The number of amides is 1. The minimum Gasteiger partial charge on any atom is -0.355 e. The Morgan fingerprint density at radius 2 is 2.00 bits per heavy atom. The van der Waals surface area contributed by atoms with Gasteiger partial charge in [-0.05, 0) is 6.42 Å². The maximum absolute atomic E-state index is 11.5. The number of rotatable bonds is 7. The largest absolute Gasteiger partial charge is 0.355 e. The highest BCUT2D eigenvalue weighted by Gasteiger charge is 2.21. The average molecular weight is 237 g/mol. The normalized spacial score (nSPS) is 13.5. The number of sulfonamides is 1. The second-order valence-corrected chi connectivity index (χ2v) is 5.23. The lowest BCUT2D eigenvalue weighted by atomic mass is 10.3. The van der Waals surface area contributed by atoms with E-state index in [1.54, 1.807) is 6.92 Å². The number of carbonyl (C=O) groups excluding carboxylic acids is 1. The summed E-state index contributed by atoms with van der Waals surface area (Å²) < 4.78 is 25.5. The Hall–Kier alpha value is -0.660. The number of hydrogen-bond acceptors (Lipinski definition) is 4. The van der Waals surface area contributed by atoms with Gasteiger partial charge in [-0.25, -0.2) is 13.1 Å². The Morgan fingerprint density at radius 3 is 2.40 bits per heavy atom. The molecule has 15 heavy (non-hydrogen) atoms. The number of hydrogen-bond donors (Lipinski definition) is 3. The summed E-state index contributed by atoms with van der Waals surface area (Å²) in [6.07, 6.45) is 0.478. The predicted octanol–water partition coefficient (Wildman–Crippen LogP) is -1.22. The molecule has 0 aliphatic heterocycles. The van der Waals surface area contributed by atoms with Crippen LogP contribution in [0.2, 0.25) is 0 Å². The van der Waals surface area contributed by atoms with Crippen LogP contribution in [0.4, 0.5) is 0 Å². The van der Waals surface area contributed by atoms with Crippen molar-refractivity contribution in [2.24, 2.45) is 5.73 Å². The first-order chi connectivity index (χ1) is 6.94. The Bertz CT molecular complexity index is 286. The third-order valence-electron chi connectivity index (χ3n) is 1.96. The van der Waals surface area contributed by atoms with Gasteiger partial charge in [-0.2, -0.15) is 0 Å². The van der Waals surface area contributed by atoms with Crippen molar-refractivity contribution in [1.82, 2.24) is 10.0 Å². The van der Waals surface area contributed by atoms with E-state index in [2.05, 4.69) is 10.0 Å². The van der Waals surface area contributed by atoms with Crippen molar-refractivity contribution in [1.29, 1.82) is 0 Å². The summed E-state index contributed by atoms with van der Waals surface area (Å²) in [4.78, 5) is 10.5. The van der Waals surface area contributed by atoms with Gasteiger partial charge in [-0.1, -0.05) is 6.92 Å². The molecule has 0 spiro atoms. The Labute approximate surface area is 90.7 Å². The van der Waals surface area contributed by atoms with Crippen molar-refractivity contribution < 1.29 is 13.2 Å². The molecule has 0 bridgehead atoms. The maximum Gasteiger partial charge on any atom is 0.216 e. The third kappa shape index (κ3) is 5.71. The second kappa shape index (κ2) is 6.76. The average Bonchev–Trinajstić information content (AvgIpc) is 2.14. The molecular weight excluding hydrogens is 218 g/mol. The van der Waals surface area contributed by atoms with Gasteiger partial charge in [-0.3, -0.25) is 4.79 Å². The summed E-state index contributed by atoms with van der Waals surface area (Å²) >= 11 is 0. The third-order valence-corrected chi connectivity index (χ3v) is 3.97. The number of carbonyl (C=O) groups is 1. The van der Waals surface area contributed by atoms with Gasteiger partial charge in [0.05, 0.1) is 5.25 Å². The molecule has 1 atom stereocenters. The molecule has 0 saturated heterocycles. The van der Waals surface area contributed by atoms with Gasteiger partial charge in [0.1, 0.15) is 0 Å². The van der Waals surface area contributed by atoms with Gasteiger partial charge < -0.3 is 11.1 Å². The van der Waals surface area contributed by atoms with Crippen LogP contribution in [0.3, 0.4) is 0 Å². The molecule has 0 fully saturated rings. The first kappa shape index (κ1) is 14.3. The van der Waals surface area contributed by atoms with Crippen LogP contribution in [-0.2, 0) is 14.8 Å². The fraction of sp³-hybridized carbons (Fsp3) is 0.875. The van der Waals surface area contributed by atoms with Gasteiger partial charge in [0.25, 0.3) is 0 Å². The Kier molecular flexibility index (Phi) is 6.46. The van der Waals surface area contributed by atoms with Crippen molar-refractivity contribution in [3.05, 3.63) is 0 Å². The van der Waals surface area contributed by atoms with Crippen LogP contribution < -0.4 is 15.8 Å². The molecule has 1 unspecified atom stereocenters. The van der Waals surface area contributed by atoms with E-state index in [9.17, 15) is 13.2 Å². The highest BCUT2D eigenvalue weighted by molar-refractivity contribution is 7.90. The molecule has 7 heteroatoms. The predicted molar refractivity (Wildman–Crippen MR) is 58.7 cm³/mol. The smallest absolute Gasteiger partial charge is 0.216 e. The number of nitrogens with one attached hydrogen (secondary N) is 2. The first-order valence-electron chi connectivity index (χ1n) is 4.87. The van der Waals surface area contributed by atoms with Gasteiger partial charge in [0, 0.05) is 26.6 Å². The van der Waals surface area contributed by atoms with Crippen LogP contribution in [0.15, 0.2) is 0 Å². The Balaban J connectivity index is 3.99. The molecule has 0 aromatic carbocycles. The zero-order chi connectivity index (χ0) is 11.9. The molecule has 0 aromatic heterocycles. The maximum atomic E-state index is 11.5. The van der Waals surface area contributed by atoms with Crippen molar-refractivity contribution >= 4 is 15.9 Å². The molecule has 0 aliphatic carbocycles. The van der Waals surface area contributed by atoms with Gasteiger partial charge in [-0.15, -0.1) is 0 Å². The van der Waals surface area contributed by atoms with E-state index in [1.165, 1.54) is 6.92 Å². The van der Waals surface area contributed by atoms with Gasteiger partial charge in [0.2, 0.25) is 15.9 Å². The highest BCUT2D eigenvalue weighted by Crippen LogP contribution is 2.01. The quantitative estimate of drug-likeness (QED) is 0.483. The van der Waals surface area contributed by atoms with Crippen LogP contribution in [0.1, 0.15) is 20.3 Å². The summed E-state index contributed by atoms with van der Waals surface area (Å²) in [5.74, 6) is -0.180. The minimum atomic E-state index is -3.35. The molecule has 0 heterocycles. The van der Waals surface area contributed by atoms with Gasteiger partial charge in [0.15, 0.2) is 0 Å². The van der Waals surface area contributed by atoms with Crippen molar-refractivity contribution in [2.75, 3.05) is 19.6 Å². The lowest BCUT2D eigenvalue weighted by Gasteiger charge is -2.14. The molecule has 0 aromatic rings. The standard InChI is InChI=1S/C8H19N3O3S/c1-3-8(6-9)15(13,14)11-5-4-10-7(2)12/h8,11H,3-6,9H2,1-2H3,(H,10,12). The lowest BCUT2D eigenvalue weighted by Crippen LogP contribution is -2.41. The van der Waals surface area contributed by atoms with Gasteiger partial charge >= 0.3 is 0 Å². The Morgan fingerprint density at radius 1 is 1.40 bits per heavy atom. The minimum absolute atomic E-state index is 0.103. The van der Waals surface area contributed by atoms with Crippen molar-refractivity contribution in [3.8, 4) is 0 Å². The monoisotopic (exact) mass is 237 g/mol. The zero-order valence-electron chi connectivity index (χ0n) is 9.12. The molecule has 0 rings (SSSR count). The van der Waals surface area contributed by atoms with E-state index >= 15 is 0 Å². The van der Waals surface area contributed by atoms with Crippen molar-refractivity contribution in [3.63, 3.8) is 0 Å². The van der Waals surface area contributed by atoms with E-state index in [0.29, 0.717) is 6.42 Å². The van der Waals surface area contributed by atoms with Crippen molar-refractivity contribution in [2.45, 2.75) is 25.5 Å². The molecule has 0 radical (unpaired) electrons. The highest BCUT2D eigenvalue weighted by atomic mass is 32.2. The molecule has 4 N–H and O–H groups in total. The van der Waals surface area contributed by atoms with Crippen LogP contribution in [0.25, 0.3) is 0 Å². The van der Waals surface area contributed by atoms with E-state index in [0.717, 1.165) is 0 Å². The van der Waals surface area contributed by atoms with Crippen LogP contribution in [-0.4, -0.2) is 39.2 Å². The molecular formula is C8H19N3O3S. The fourth-order valence-electron chi connectivity index (χ4n) is 1.06. The van der Waals surface area contributed by atoms with E-state index in [4.69, 9.17) is 5.73 Å².